The highest BCUT2D eigenvalue weighted by atomic mass is 35.5. The second-order valence-electron chi connectivity index (χ2n) is 8.94. The Kier molecular flexibility index (Phi) is 7.12. The van der Waals surface area contributed by atoms with Gasteiger partial charge in [0.1, 0.15) is 16.5 Å². The average molecular weight is 493 g/mol. The molecular weight excluding hydrogens is 466 g/mol. The van der Waals surface area contributed by atoms with Crippen LogP contribution in [0.3, 0.4) is 0 Å². The van der Waals surface area contributed by atoms with Gasteiger partial charge < -0.3 is 14.8 Å². The number of fused-ring (bicyclic) bond motifs is 1. The van der Waals surface area contributed by atoms with E-state index in [1.165, 1.54) is 12.1 Å². The van der Waals surface area contributed by atoms with Crippen molar-refractivity contribution < 1.29 is 9.18 Å². The summed E-state index contributed by atoms with van der Waals surface area (Å²) in [4.78, 5) is 32.1. The molecule has 1 saturated heterocycles. The van der Waals surface area contributed by atoms with Crippen LogP contribution in [0.15, 0.2) is 35.3 Å². The number of nitrogens with zero attached hydrogens (tertiary/aromatic N) is 3. The summed E-state index contributed by atoms with van der Waals surface area (Å²) >= 11 is 12.4. The molecule has 0 spiro atoms. The van der Waals surface area contributed by atoms with Crippen LogP contribution in [0.1, 0.15) is 41.9 Å². The Morgan fingerprint density at radius 2 is 1.94 bits per heavy atom. The van der Waals surface area contributed by atoms with Crippen LogP contribution in [0.25, 0.3) is 5.52 Å². The molecule has 9 heteroatoms. The van der Waals surface area contributed by atoms with Crippen LogP contribution in [0, 0.1) is 11.7 Å². The number of aromatic nitrogens is 2. The third-order valence-electron chi connectivity index (χ3n) is 5.93. The first-order valence-corrected chi connectivity index (χ1v) is 11.9. The van der Waals surface area contributed by atoms with Gasteiger partial charge in [-0.1, -0.05) is 43.1 Å². The molecule has 176 valence electrons. The summed E-state index contributed by atoms with van der Waals surface area (Å²) in [6.07, 6.45) is 2.75. The molecule has 1 N–H and O–H groups in total. The van der Waals surface area contributed by atoms with Gasteiger partial charge in [-0.25, -0.2) is 4.39 Å². The summed E-state index contributed by atoms with van der Waals surface area (Å²) in [5.41, 5.74) is 1.48. The first-order chi connectivity index (χ1) is 15.7. The molecule has 1 fully saturated rings. The Hall–Kier alpha value is -2.35. The summed E-state index contributed by atoms with van der Waals surface area (Å²) in [7, 11) is 0. The summed E-state index contributed by atoms with van der Waals surface area (Å²) in [5.74, 6) is -0.278. The zero-order chi connectivity index (χ0) is 23.7. The van der Waals surface area contributed by atoms with Crippen molar-refractivity contribution in [1.82, 2.24) is 19.2 Å². The van der Waals surface area contributed by atoms with Crippen molar-refractivity contribution in [3.8, 4) is 0 Å². The summed E-state index contributed by atoms with van der Waals surface area (Å²) in [6, 6.07) is 6.05. The van der Waals surface area contributed by atoms with Crippen molar-refractivity contribution in [3.63, 3.8) is 0 Å². The van der Waals surface area contributed by atoms with Crippen molar-refractivity contribution >= 4 is 34.6 Å². The fourth-order valence-corrected chi connectivity index (χ4v) is 4.86. The third kappa shape index (κ3) is 5.10. The van der Waals surface area contributed by atoms with Gasteiger partial charge in [0.2, 0.25) is 0 Å². The van der Waals surface area contributed by atoms with E-state index in [1.807, 2.05) is 0 Å². The largest absolute Gasteiger partial charge is 0.337 e. The number of carbonyl (C=O) groups is 1. The molecule has 0 bridgehead atoms. The van der Waals surface area contributed by atoms with Gasteiger partial charge in [0.15, 0.2) is 0 Å². The van der Waals surface area contributed by atoms with Gasteiger partial charge in [-0.15, -0.1) is 0 Å². The van der Waals surface area contributed by atoms with E-state index in [0.29, 0.717) is 36.6 Å². The second kappa shape index (κ2) is 9.87. The van der Waals surface area contributed by atoms with Crippen molar-refractivity contribution in [2.24, 2.45) is 5.92 Å². The van der Waals surface area contributed by atoms with Gasteiger partial charge in [-0.3, -0.25) is 14.0 Å². The molecule has 3 heterocycles. The Morgan fingerprint density at radius 3 is 2.70 bits per heavy atom. The quantitative estimate of drug-likeness (QED) is 0.571. The Balaban J connectivity index is 1.58. The molecule has 6 nitrogen and oxygen atoms in total. The highest BCUT2D eigenvalue weighted by molar-refractivity contribution is 6.42. The van der Waals surface area contributed by atoms with Gasteiger partial charge in [-0.2, -0.15) is 0 Å². The van der Waals surface area contributed by atoms with Gasteiger partial charge in [0.05, 0.1) is 10.6 Å². The van der Waals surface area contributed by atoms with E-state index < -0.39 is 5.82 Å². The zero-order valence-corrected chi connectivity index (χ0v) is 20.2. The van der Waals surface area contributed by atoms with Crippen molar-refractivity contribution in [3.05, 3.63) is 73.6 Å². The van der Waals surface area contributed by atoms with E-state index in [0.717, 1.165) is 31.6 Å². The highest BCUT2D eigenvalue weighted by Gasteiger charge is 2.23. The fraction of sp³-hybridized carbons (Fsp3) is 0.417. The number of rotatable bonds is 5. The van der Waals surface area contributed by atoms with Crippen molar-refractivity contribution in [1.29, 1.82) is 0 Å². The number of H-pyrrole nitrogens is 1. The normalized spacial score (nSPS) is 15.4. The van der Waals surface area contributed by atoms with Gasteiger partial charge >= 0.3 is 0 Å². The van der Waals surface area contributed by atoms with Crippen molar-refractivity contribution in [2.75, 3.05) is 32.7 Å². The van der Waals surface area contributed by atoms with Gasteiger partial charge in [0.25, 0.3) is 11.5 Å². The lowest BCUT2D eigenvalue weighted by Gasteiger charge is -2.23. The predicted molar refractivity (Wildman–Crippen MR) is 129 cm³/mol. The number of hydrogen-bond acceptors (Lipinski definition) is 3. The van der Waals surface area contributed by atoms with Crippen LogP contribution >= 0.6 is 23.2 Å². The maximum atomic E-state index is 14.7. The van der Waals surface area contributed by atoms with Crippen LogP contribution in [0.4, 0.5) is 4.39 Å². The molecule has 33 heavy (non-hydrogen) atoms. The maximum Gasteiger partial charge on any atom is 0.272 e. The van der Waals surface area contributed by atoms with E-state index >= 15 is 0 Å². The number of benzene rings is 1. The third-order valence-corrected chi connectivity index (χ3v) is 6.69. The molecule has 2 aromatic heterocycles. The average Bonchev–Trinajstić information content (AvgIpc) is 2.93. The highest BCUT2D eigenvalue weighted by Crippen LogP contribution is 2.27. The van der Waals surface area contributed by atoms with Crippen LogP contribution in [-0.2, 0) is 6.42 Å². The molecule has 1 amide bonds. The monoisotopic (exact) mass is 492 g/mol. The topological polar surface area (TPSA) is 60.8 Å². The summed E-state index contributed by atoms with van der Waals surface area (Å²) in [6.45, 7) is 8.26. The fourth-order valence-electron chi connectivity index (χ4n) is 4.42. The molecule has 1 aromatic carbocycles. The zero-order valence-electron chi connectivity index (χ0n) is 18.7. The van der Waals surface area contributed by atoms with E-state index in [-0.39, 0.29) is 27.2 Å². The van der Waals surface area contributed by atoms with E-state index in [2.05, 4.69) is 23.7 Å². The number of nitrogens with one attached hydrogen (secondary N) is 1. The van der Waals surface area contributed by atoms with Crippen LogP contribution < -0.4 is 5.56 Å². The molecule has 1 aliphatic heterocycles. The first-order valence-electron chi connectivity index (χ1n) is 11.1. The van der Waals surface area contributed by atoms with Crippen LogP contribution in [0.2, 0.25) is 10.2 Å². The van der Waals surface area contributed by atoms with E-state index in [4.69, 9.17) is 23.2 Å². The molecular formula is C24H27Cl2FN4O2. The van der Waals surface area contributed by atoms with Gasteiger partial charge in [-0.05, 0) is 42.6 Å². The van der Waals surface area contributed by atoms with E-state index in [9.17, 15) is 14.0 Å². The first kappa shape index (κ1) is 23.8. The maximum absolute atomic E-state index is 14.7. The minimum atomic E-state index is -0.541. The standard InChI is InChI=1S/C24H27Cl2FN4O2/c1-15(2)14-29-6-3-7-30(9-8-29)24(33)18-11-16(4-5-20(18)27)10-17-13-28-23(32)21-12-19(25)22(26)31(17)21/h4-5,11-13,15H,3,6-10,14H2,1-2H3,(H,28,32). The Morgan fingerprint density at radius 1 is 1.15 bits per heavy atom. The summed E-state index contributed by atoms with van der Waals surface area (Å²) < 4.78 is 16.3. The minimum absolute atomic E-state index is 0.0575. The van der Waals surface area contributed by atoms with Gasteiger partial charge in [0, 0.05) is 44.5 Å². The molecule has 4 rings (SSSR count). The Bertz CT molecular complexity index is 1240. The SMILES string of the molecule is CC(C)CN1CCCN(C(=O)c2cc(Cc3c[nH]c(=O)c4cc(Cl)c(Cl)n34)ccc2F)CC1. The number of halogens is 3. The van der Waals surface area contributed by atoms with E-state index in [1.54, 1.807) is 27.6 Å². The number of carbonyl (C=O) groups excluding carboxylic acids is 1. The molecule has 1 aliphatic rings. The summed E-state index contributed by atoms with van der Waals surface area (Å²) in [5, 5.41) is 0.513. The lowest BCUT2D eigenvalue weighted by atomic mass is 10.0. The van der Waals surface area contributed by atoms with Crippen LogP contribution in [-0.4, -0.2) is 57.8 Å². The molecule has 0 unspecified atom stereocenters. The molecule has 0 aliphatic carbocycles. The number of hydrogen-bond donors (Lipinski definition) is 1. The molecule has 0 saturated carbocycles. The molecule has 0 atom stereocenters. The molecule has 0 radical (unpaired) electrons. The smallest absolute Gasteiger partial charge is 0.272 e. The lowest BCUT2D eigenvalue weighted by molar-refractivity contribution is 0.0756. The lowest BCUT2D eigenvalue weighted by Crippen LogP contribution is -2.36. The van der Waals surface area contributed by atoms with Crippen molar-refractivity contribution in [2.45, 2.75) is 26.7 Å². The van der Waals surface area contributed by atoms with Crippen LogP contribution in [0.5, 0.6) is 0 Å². The molecule has 3 aromatic rings. The Labute approximate surface area is 201 Å². The second-order valence-corrected chi connectivity index (χ2v) is 9.71. The predicted octanol–water partition coefficient (Wildman–Crippen LogP) is 4.47. The minimum Gasteiger partial charge on any atom is -0.337 e. The number of aromatic amines is 1. The number of amides is 1.